The fraction of sp³-hybridized carbons (Fsp3) is 0.133. The number of aromatic hydroxyl groups is 1. The molecule has 2 aromatic rings. The van der Waals surface area contributed by atoms with Crippen molar-refractivity contribution in [3.63, 3.8) is 0 Å². The van der Waals surface area contributed by atoms with E-state index < -0.39 is 0 Å². The molecule has 0 aliphatic heterocycles. The van der Waals surface area contributed by atoms with Crippen LogP contribution in [-0.4, -0.2) is 25.5 Å². The predicted octanol–water partition coefficient (Wildman–Crippen LogP) is 3.92. The third kappa shape index (κ3) is 3.30. The summed E-state index contributed by atoms with van der Waals surface area (Å²) in [6, 6.07) is 10.9. The van der Waals surface area contributed by atoms with E-state index in [2.05, 4.69) is 20.9 Å². The molecule has 0 aromatic heterocycles. The van der Waals surface area contributed by atoms with Crippen molar-refractivity contribution in [1.82, 2.24) is 0 Å². The van der Waals surface area contributed by atoms with Gasteiger partial charge in [0.25, 0.3) is 0 Å². The molecule has 0 amide bonds. The summed E-state index contributed by atoms with van der Waals surface area (Å²) in [7, 11) is 3.13. The lowest BCUT2D eigenvalue weighted by atomic mass is 10.2. The molecular weight excluding hydrogens is 322 g/mol. The van der Waals surface area contributed by atoms with Gasteiger partial charge in [0.15, 0.2) is 11.5 Å². The summed E-state index contributed by atoms with van der Waals surface area (Å²) in [5, 5.41) is 9.73. The van der Waals surface area contributed by atoms with Crippen LogP contribution in [0.1, 0.15) is 5.56 Å². The maximum atomic E-state index is 9.73. The highest BCUT2D eigenvalue weighted by Gasteiger charge is 2.07. The van der Waals surface area contributed by atoms with Crippen molar-refractivity contribution in [2.45, 2.75) is 0 Å². The molecule has 0 aliphatic carbocycles. The Morgan fingerprint density at radius 1 is 1.10 bits per heavy atom. The van der Waals surface area contributed by atoms with Gasteiger partial charge in [0.1, 0.15) is 5.75 Å². The van der Waals surface area contributed by atoms with Gasteiger partial charge in [-0.05, 0) is 57.9 Å². The minimum atomic E-state index is 0.0779. The van der Waals surface area contributed by atoms with Crippen LogP contribution in [0.25, 0.3) is 0 Å². The van der Waals surface area contributed by atoms with Crippen LogP contribution in [0.3, 0.4) is 0 Å². The zero-order valence-corrected chi connectivity index (χ0v) is 12.7. The normalized spacial score (nSPS) is 10.8. The fourth-order valence-electron chi connectivity index (χ4n) is 1.64. The second-order valence-electron chi connectivity index (χ2n) is 4.01. The molecule has 0 spiro atoms. The molecule has 0 bridgehead atoms. The lowest BCUT2D eigenvalue weighted by Crippen LogP contribution is -1.88. The van der Waals surface area contributed by atoms with E-state index in [1.54, 1.807) is 25.5 Å². The molecule has 0 radical (unpaired) electrons. The standard InChI is InChI=1S/C15H14BrNO3/c1-19-12-5-3-11(4-6-12)17-9-10-7-13(16)15(18)14(8-10)20-2/h3-9,18H,1-2H3. The minimum absolute atomic E-state index is 0.0779. The number of benzene rings is 2. The first-order valence-corrected chi connectivity index (χ1v) is 6.68. The Morgan fingerprint density at radius 3 is 2.40 bits per heavy atom. The van der Waals surface area contributed by atoms with Crippen LogP contribution >= 0.6 is 15.9 Å². The Bertz CT molecular complexity index is 624. The molecule has 2 aromatic carbocycles. The lowest BCUT2D eigenvalue weighted by molar-refractivity contribution is 0.372. The zero-order chi connectivity index (χ0) is 14.5. The van der Waals surface area contributed by atoms with E-state index in [0.29, 0.717) is 10.2 Å². The lowest BCUT2D eigenvalue weighted by Gasteiger charge is -2.06. The summed E-state index contributed by atoms with van der Waals surface area (Å²) in [6.07, 6.45) is 1.70. The van der Waals surface area contributed by atoms with Crippen LogP contribution in [-0.2, 0) is 0 Å². The van der Waals surface area contributed by atoms with Crippen LogP contribution in [0.4, 0.5) is 5.69 Å². The zero-order valence-electron chi connectivity index (χ0n) is 11.1. The monoisotopic (exact) mass is 335 g/mol. The molecule has 20 heavy (non-hydrogen) atoms. The van der Waals surface area contributed by atoms with Crippen molar-refractivity contribution >= 4 is 27.8 Å². The van der Waals surface area contributed by atoms with Gasteiger partial charge in [-0.25, -0.2) is 0 Å². The Morgan fingerprint density at radius 2 is 1.80 bits per heavy atom. The van der Waals surface area contributed by atoms with Gasteiger partial charge in [-0.15, -0.1) is 0 Å². The van der Waals surface area contributed by atoms with E-state index in [1.807, 2.05) is 24.3 Å². The summed E-state index contributed by atoms with van der Waals surface area (Å²) >= 11 is 3.27. The van der Waals surface area contributed by atoms with Gasteiger partial charge in [-0.2, -0.15) is 0 Å². The molecule has 2 rings (SSSR count). The molecular formula is C15H14BrNO3. The van der Waals surface area contributed by atoms with Crippen LogP contribution in [0.5, 0.6) is 17.2 Å². The molecule has 0 fully saturated rings. The number of phenols is 1. The van der Waals surface area contributed by atoms with E-state index in [9.17, 15) is 5.11 Å². The first-order valence-electron chi connectivity index (χ1n) is 5.88. The summed E-state index contributed by atoms with van der Waals surface area (Å²) in [6.45, 7) is 0. The molecule has 0 atom stereocenters. The van der Waals surface area contributed by atoms with Crippen molar-refractivity contribution in [2.75, 3.05) is 14.2 Å². The first-order chi connectivity index (χ1) is 9.63. The smallest absolute Gasteiger partial charge is 0.172 e. The molecule has 1 N–H and O–H groups in total. The second kappa shape index (κ2) is 6.43. The maximum Gasteiger partial charge on any atom is 0.172 e. The molecule has 0 unspecified atom stereocenters. The Balaban J connectivity index is 2.24. The van der Waals surface area contributed by atoms with Crippen molar-refractivity contribution < 1.29 is 14.6 Å². The average molecular weight is 336 g/mol. The Kier molecular flexibility index (Phi) is 4.63. The topological polar surface area (TPSA) is 51.0 Å². The van der Waals surface area contributed by atoms with E-state index in [1.165, 1.54) is 7.11 Å². The summed E-state index contributed by atoms with van der Waals surface area (Å²) in [4.78, 5) is 4.36. The van der Waals surface area contributed by atoms with Gasteiger partial charge in [0.2, 0.25) is 0 Å². The SMILES string of the molecule is COc1ccc(N=Cc2cc(Br)c(O)c(OC)c2)cc1. The largest absolute Gasteiger partial charge is 0.503 e. The van der Waals surface area contributed by atoms with Gasteiger partial charge >= 0.3 is 0 Å². The van der Waals surface area contributed by atoms with Gasteiger partial charge in [-0.3, -0.25) is 4.99 Å². The van der Waals surface area contributed by atoms with Crippen molar-refractivity contribution in [1.29, 1.82) is 0 Å². The molecule has 5 heteroatoms. The van der Waals surface area contributed by atoms with E-state index >= 15 is 0 Å². The highest BCUT2D eigenvalue weighted by Crippen LogP contribution is 2.34. The Labute approximate surface area is 125 Å². The highest BCUT2D eigenvalue weighted by atomic mass is 79.9. The molecule has 0 saturated carbocycles. The van der Waals surface area contributed by atoms with E-state index in [0.717, 1.165) is 17.0 Å². The van der Waals surface area contributed by atoms with Gasteiger partial charge in [-0.1, -0.05) is 0 Å². The number of ether oxygens (including phenoxy) is 2. The van der Waals surface area contributed by atoms with Crippen molar-refractivity contribution in [3.05, 3.63) is 46.4 Å². The summed E-state index contributed by atoms with van der Waals surface area (Å²) in [5.74, 6) is 1.27. The third-order valence-electron chi connectivity index (χ3n) is 2.71. The number of hydrogen-bond acceptors (Lipinski definition) is 4. The average Bonchev–Trinajstić information content (AvgIpc) is 2.48. The minimum Gasteiger partial charge on any atom is -0.503 e. The molecule has 0 aliphatic rings. The van der Waals surface area contributed by atoms with Crippen molar-refractivity contribution in [2.24, 2.45) is 4.99 Å². The van der Waals surface area contributed by atoms with Crippen LogP contribution in [0, 0.1) is 0 Å². The Hall–Kier alpha value is -2.01. The number of aliphatic imine (C=N–C) groups is 1. The number of nitrogens with zero attached hydrogens (tertiary/aromatic N) is 1. The number of methoxy groups -OCH3 is 2. The summed E-state index contributed by atoms with van der Waals surface area (Å²) in [5.41, 5.74) is 1.64. The number of rotatable bonds is 4. The molecule has 4 nitrogen and oxygen atoms in total. The van der Waals surface area contributed by atoms with E-state index in [4.69, 9.17) is 9.47 Å². The molecule has 104 valence electrons. The number of hydrogen-bond donors (Lipinski definition) is 1. The van der Waals surface area contributed by atoms with Crippen LogP contribution in [0.15, 0.2) is 45.9 Å². The molecule has 0 heterocycles. The van der Waals surface area contributed by atoms with Crippen LogP contribution in [0.2, 0.25) is 0 Å². The summed E-state index contributed by atoms with van der Waals surface area (Å²) < 4.78 is 10.7. The highest BCUT2D eigenvalue weighted by molar-refractivity contribution is 9.10. The van der Waals surface area contributed by atoms with Crippen molar-refractivity contribution in [3.8, 4) is 17.2 Å². The first kappa shape index (κ1) is 14.4. The quantitative estimate of drug-likeness (QED) is 0.861. The van der Waals surface area contributed by atoms with E-state index in [-0.39, 0.29) is 5.75 Å². The second-order valence-corrected chi connectivity index (χ2v) is 4.86. The maximum absolute atomic E-state index is 9.73. The van der Waals surface area contributed by atoms with Crippen LogP contribution < -0.4 is 9.47 Å². The van der Waals surface area contributed by atoms with Gasteiger partial charge in [0, 0.05) is 6.21 Å². The predicted molar refractivity (Wildman–Crippen MR) is 82.6 cm³/mol. The molecule has 0 saturated heterocycles. The third-order valence-corrected chi connectivity index (χ3v) is 3.31. The number of halogens is 1. The van der Waals surface area contributed by atoms with Gasteiger partial charge in [0.05, 0.1) is 24.4 Å². The number of phenolic OH excluding ortho intramolecular Hbond substituents is 1. The van der Waals surface area contributed by atoms with Gasteiger partial charge < -0.3 is 14.6 Å². The fourth-order valence-corrected chi connectivity index (χ4v) is 2.10.